The van der Waals surface area contributed by atoms with Crippen molar-refractivity contribution in [3.63, 3.8) is 0 Å². The Morgan fingerprint density at radius 1 is 1.37 bits per heavy atom. The number of hydrogen-bond acceptors (Lipinski definition) is 4. The van der Waals surface area contributed by atoms with Gasteiger partial charge in [0.05, 0.1) is 18.3 Å². The molecule has 0 amide bonds. The lowest BCUT2D eigenvalue weighted by atomic mass is 9.79. The van der Waals surface area contributed by atoms with Crippen LogP contribution >= 0.6 is 11.3 Å². The predicted molar refractivity (Wildman–Crippen MR) is 107 cm³/mol. The zero-order valence-corrected chi connectivity index (χ0v) is 16.9. The fraction of sp³-hybridized carbons (Fsp3) is 0.545. The van der Waals surface area contributed by atoms with E-state index in [1.54, 1.807) is 12.1 Å². The van der Waals surface area contributed by atoms with Crippen molar-refractivity contribution in [3.05, 3.63) is 57.0 Å². The Hall–Kier alpha value is -1.27. The third kappa shape index (κ3) is 3.70. The van der Waals surface area contributed by atoms with Gasteiger partial charge in [-0.3, -0.25) is 4.90 Å². The van der Waals surface area contributed by atoms with Gasteiger partial charge in [-0.25, -0.2) is 4.39 Å². The summed E-state index contributed by atoms with van der Waals surface area (Å²) in [5.74, 6) is -0.272. The first kappa shape index (κ1) is 19.1. The Balaban J connectivity index is 1.47. The van der Waals surface area contributed by atoms with Crippen LogP contribution in [-0.4, -0.2) is 35.7 Å². The second-order valence-electron chi connectivity index (χ2n) is 7.86. The standard InChI is InChI=1S/C22H28FNO2S/c1-3-18-12-19-21(27-18)8-11-26-22(19)9-10-24(15(2)13-22)14-20(25)16-4-6-17(23)7-5-16/h4-7,12,15,20,25H,3,8-11,13-14H2,1-2H3/t15-,20?,22?/m0/s1. The van der Waals surface area contributed by atoms with Gasteiger partial charge in [-0.05, 0) is 55.5 Å². The molecule has 1 spiro atoms. The molecule has 27 heavy (non-hydrogen) atoms. The summed E-state index contributed by atoms with van der Waals surface area (Å²) >= 11 is 1.95. The number of aliphatic hydroxyl groups excluding tert-OH is 1. The van der Waals surface area contributed by atoms with Crippen LogP contribution in [0, 0.1) is 5.82 Å². The Morgan fingerprint density at radius 3 is 2.85 bits per heavy atom. The highest BCUT2D eigenvalue weighted by molar-refractivity contribution is 7.12. The average molecular weight is 390 g/mol. The molecule has 0 radical (unpaired) electrons. The highest BCUT2D eigenvalue weighted by atomic mass is 32.1. The van der Waals surface area contributed by atoms with Gasteiger partial charge in [0.25, 0.3) is 0 Å². The van der Waals surface area contributed by atoms with Gasteiger partial charge in [0.2, 0.25) is 0 Å². The third-order valence-electron chi connectivity index (χ3n) is 6.12. The number of ether oxygens (including phenoxy) is 1. The molecule has 1 saturated heterocycles. The summed E-state index contributed by atoms with van der Waals surface area (Å²) in [5, 5.41) is 10.6. The number of piperidine rings is 1. The number of thiophene rings is 1. The van der Waals surface area contributed by atoms with Crippen LogP contribution in [0.3, 0.4) is 0 Å². The maximum atomic E-state index is 13.1. The molecule has 4 rings (SSSR count). The number of aryl methyl sites for hydroxylation is 1. The van der Waals surface area contributed by atoms with Gasteiger partial charge in [-0.15, -0.1) is 11.3 Å². The van der Waals surface area contributed by atoms with Crippen LogP contribution in [0.5, 0.6) is 0 Å². The molecule has 1 N–H and O–H groups in total. The first-order chi connectivity index (χ1) is 13.0. The maximum absolute atomic E-state index is 13.1. The van der Waals surface area contributed by atoms with Crippen molar-refractivity contribution in [2.45, 2.75) is 57.3 Å². The lowest BCUT2D eigenvalue weighted by molar-refractivity contribution is -0.114. The Morgan fingerprint density at radius 2 is 2.15 bits per heavy atom. The van der Waals surface area contributed by atoms with Crippen LogP contribution in [0.25, 0.3) is 0 Å². The number of fused-ring (bicyclic) bond motifs is 2. The van der Waals surface area contributed by atoms with Crippen molar-refractivity contribution in [1.29, 1.82) is 0 Å². The Kier molecular flexibility index (Phi) is 5.39. The summed E-state index contributed by atoms with van der Waals surface area (Å²) in [6.07, 6.45) is 3.43. The molecule has 3 atom stereocenters. The molecule has 0 aliphatic carbocycles. The molecule has 3 nitrogen and oxygen atoms in total. The van der Waals surface area contributed by atoms with E-state index in [1.165, 1.54) is 27.5 Å². The first-order valence-corrected chi connectivity index (χ1v) is 10.8. The molecule has 2 aliphatic heterocycles. The van der Waals surface area contributed by atoms with Crippen LogP contribution in [0.15, 0.2) is 30.3 Å². The van der Waals surface area contributed by atoms with Gasteiger partial charge in [0, 0.05) is 35.3 Å². The summed E-state index contributed by atoms with van der Waals surface area (Å²) in [6.45, 7) is 6.72. The van der Waals surface area contributed by atoms with Gasteiger partial charge >= 0.3 is 0 Å². The second kappa shape index (κ2) is 7.63. The molecule has 2 aliphatic rings. The fourth-order valence-electron chi connectivity index (χ4n) is 4.56. The largest absolute Gasteiger partial charge is 0.387 e. The molecule has 1 aromatic heterocycles. The third-order valence-corrected chi connectivity index (χ3v) is 7.46. The molecule has 146 valence electrons. The number of aliphatic hydroxyl groups is 1. The molecule has 5 heteroatoms. The van der Waals surface area contributed by atoms with E-state index < -0.39 is 6.10 Å². The first-order valence-electron chi connectivity index (χ1n) is 9.94. The quantitative estimate of drug-likeness (QED) is 0.839. The van der Waals surface area contributed by atoms with Crippen LogP contribution in [-0.2, 0) is 23.2 Å². The maximum Gasteiger partial charge on any atom is 0.123 e. The molecule has 2 aromatic rings. The highest BCUT2D eigenvalue weighted by Gasteiger charge is 2.44. The van der Waals surface area contributed by atoms with E-state index in [0.717, 1.165) is 44.4 Å². The smallest absolute Gasteiger partial charge is 0.123 e. The normalized spacial score (nSPS) is 26.9. The molecule has 2 unspecified atom stereocenters. The zero-order chi connectivity index (χ0) is 19.0. The molecule has 1 fully saturated rings. The second-order valence-corrected chi connectivity index (χ2v) is 9.08. The minimum absolute atomic E-state index is 0.158. The Labute approximate surface area is 164 Å². The zero-order valence-electron chi connectivity index (χ0n) is 16.1. The molecule has 1 aromatic carbocycles. The van der Waals surface area contributed by atoms with Crippen molar-refractivity contribution in [2.75, 3.05) is 19.7 Å². The Bertz CT molecular complexity index is 790. The van der Waals surface area contributed by atoms with Crippen molar-refractivity contribution >= 4 is 11.3 Å². The van der Waals surface area contributed by atoms with Crippen LogP contribution in [0.2, 0.25) is 0 Å². The molecule has 3 heterocycles. The van der Waals surface area contributed by atoms with Gasteiger partial charge < -0.3 is 9.84 Å². The number of likely N-dealkylation sites (tertiary alicyclic amines) is 1. The molecule has 0 saturated carbocycles. The van der Waals surface area contributed by atoms with Gasteiger partial charge in [-0.2, -0.15) is 0 Å². The summed E-state index contributed by atoms with van der Waals surface area (Å²) in [6, 6.07) is 8.85. The van der Waals surface area contributed by atoms with Crippen LogP contribution < -0.4 is 0 Å². The van der Waals surface area contributed by atoms with E-state index in [1.807, 2.05) is 11.3 Å². The van der Waals surface area contributed by atoms with Crippen molar-refractivity contribution in [1.82, 2.24) is 4.90 Å². The number of β-amino-alcohol motifs (C(OH)–C–C–N with tert-alkyl or cyclic N) is 1. The van der Waals surface area contributed by atoms with Crippen molar-refractivity contribution in [2.24, 2.45) is 0 Å². The van der Waals surface area contributed by atoms with Crippen LogP contribution in [0.4, 0.5) is 4.39 Å². The summed E-state index contributed by atoms with van der Waals surface area (Å²) in [7, 11) is 0. The van der Waals surface area contributed by atoms with Crippen molar-refractivity contribution < 1.29 is 14.2 Å². The van der Waals surface area contributed by atoms with Crippen molar-refractivity contribution in [3.8, 4) is 0 Å². The fourth-order valence-corrected chi connectivity index (χ4v) is 5.74. The average Bonchev–Trinajstić information content (AvgIpc) is 3.10. The number of nitrogens with zero attached hydrogens (tertiary/aromatic N) is 1. The summed E-state index contributed by atoms with van der Waals surface area (Å²) in [5.41, 5.74) is 2.03. The van der Waals surface area contributed by atoms with E-state index in [-0.39, 0.29) is 11.4 Å². The number of hydrogen-bond donors (Lipinski definition) is 1. The van der Waals surface area contributed by atoms with Gasteiger partial charge in [0.15, 0.2) is 0 Å². The van der Waals surface area contributed by atoms with E-state index >= 15 is 0 Å². The van der Waals surface area contributed by atoms with Crippen LogP contribution in [0.1, 0.15) is 53.7 Å². The number of halogens is 1. The predicted octanol–water partition coefficient (Wildman–Crippen LogP) is 4.44. The monoisotopic (exact) mass is 389 g/mol. The molecular weight excluding hydrogens is 361 g/mol. The van der Waals surface area contributed by atoms with E-state index in [0.29, 0.717) is 12.6 Å². The van der Waals surface area contributed by atoms with Gasteiger partial charge in [0.1, 0.15) is 5.82 Å². The minimum Gasteiger partial charge on any atom is -0.387 e. The molecule has 0 bridgehead atoms. The van der Waals surface area contributed by atoms with E-state index in [9.17, 15) is 9.50 Å². The highest BCUT2D eigenvalue weighted by Crippen LogP contribution is 2.46. The van der Waals surface area contributed by atoms with Gasteiger partial charge in [-0.1, -0.05) is 19.1 Å². The topological polar surface area (TPSA) is 32.7 Å². The summed E-state index contributed by atoms with van der Waals surface area (Å²) in [4.78, 5) is 5.29. The molecular formula is C22H28FNO2S. The minimum atomic E-state index is -0.599. The lowest BCUT2D eigenvalue weighted by Gasteiger charge is -2.47. The van der Waals surface area contributed by atoms with E-state index in [4.69, 9.17) is 4.74 Å². The van der Waals surface area contributed by atoms with E-state index in [2.05, 4.69) is 24.8 Å². The lowest BCUT2D eigenvalue weighted by Crippen LogP contribution is -2.51. The SMILES string of the molecule is CCc1cc2c(s1)CCOC21CCN(CC(O)c2ccc(F)cc2)[C@@H](C)C1. The summed E-state index contributed by atoms with van der Waals surface area (Å²) < 4.78 is 19.5. The number of benzene rings is 1. The number of rotatable bonds is 4.